The Morgan fingerprint density at radius 1 is 0.909 bits per heavy atom. The van der Waals surface area contributed by atoms with E-state index in [1.165, 1.54) is 31.2 Å². The van der Waals surface area contributed by atoms with Crippen LogP contribution in [0.15, 0.2) is 70.5 Å². The third-order valence-corrected chi connectivity index (χ3v) is 9.04. The maximum atomic E-state index is 13.3. The van der Waals surface area contributed by atoms with Gasteiger partial charge in [-0.1, -0.05) is 36.4 Å². The predicted octanol–water partition coefficient (Wildman–Crippen LogP) is 0.428. The van der Waals surface area contributed by atoms with Crippen LogP contribution in [0.2, 0.25) is 0 Å². The van der Waals surface area contributed by atoms with Crippen LogP contribution in [0.5, 0.6) is 0 Å². The SMILES string of the molecule is COC(=O)C(C)NC(=O)C1CN(S(=O)(=O)c2ccccc2)CCN1S(=O)(=O)c1ccccc1. The van der Waals surface area contributed by atoms with Crippen molar-refractivity contribution in [2.75, 3.05) is 26.7 Å². The Labute approximate surface area is 193 Å². The second kappa shape index (κ2) is 10.00. The Bertz CT molecular complexity index is 1200. The van der Waals surface area contributed by atoms with E-state index in [0.717, 1.165) is 15.7 Å². The minimum Gasteiger partial charge on any atom is -0.467 e. The Hall–Kier alpha value is -2.80. The second-order valence-electron chi connectivity index (χ2n) is 7.37. The van der Waals surface area contributed by atoms with Gasteiger partial charge in [-0.2, -0.15) is 8.61 Å². The lowest BCUT2D eigenvalue weighted by Gasteiger charge is -2.39. The fourth-order valence-corrected chi connectivity index (χ4v) is 6.53. The van der Waals surface area contributed by atoms with Crippen LogP contribution in [0.1, 0.15) is 6.92 Å². The maximum absolute atomic E-state index is 13.3. The molecule has 1 saturated heterocycles. The average Bonchev–Trinajstić information content (AvgIpc) is 2.84. The first-order chi connectivity index (χ1) is 15.6. The highest BCUT2D eigenvalue weighted by atomic mass is 32.2. The quantitative estimate of drug-likeness (QED) is 0.551. The van der Waals surface area contributed by atoms with Gasteiger partial charge in [0.2, 0.25) is 26.0 Å². The number of ether oxygens (including phenoxy) is 1. The van der Waals surface area contributed by atoms with Gasteiger partial charge in [0.1, 0.15) is 12.1 Å². The highest BCUT2D eigenvalue weighted by Crippen LogP contribution is 2.25. The Balaban J connectivity index is 1.96. The van der Waals surface area contributed by atoms with Crippen molar-refractivity contribution >= 4 is 31.9 Å². The molecular formula is C21H25N3O7S2. The van der Waals surface area contributed by atoms with E-state index in [1.54, 1.807) is 36.4 Å². The second-order valence-corrected chi connectivity index (χ2v) is 11.2. The fourth-order valence-electron chi connectivity index (χ4n) is 3.48. The molecule has 1 heterocycles. The molecule has 12 heteroatoms. The molecule has 3 rings (SSSR count). The van der Waals surface area contributed by atoms with Crippen molar-refractivity contribution in [3.05, 3.63) is 60.7 Å². The van der Waals surface area contributed by atoms with E-state index in [9.17, 15) is 26.4 Å². The Kier molecular flexibility index (Phi) is 7.52. The van der Waals surface area contributed by atoms with Crippen LogP contribution in [0.25, 0.3) is 0 Å². The normalized spacial score (nSPS) is 18.9. The van der Waals surface area contributed by atoms with Crippen molar-refractivity contribution < 1.29 is 31.2 Å². The molecular weight excluding hydrogens is 470 g/mol. The van der Waals surface area contributed by atoms with Crippen LogP contribution in [0.3, 0.4) is 0 Å². The van der Waals surface area contributed by atoms with E-state index >= 15 is 0 Å². The zero-order valence-corrected chi connectivity index (χ0v) is 19.8. The molecule has 1 fully saturated rings. The zero-order valence-electron chi connectivity index (χ0n) is 18.1. The molecule has 0 bridgehead atoms. The van der Waals surface area contributed by atoms with Crippen LogP contribution in [0.4, 0.5) is 0 Å². The number of rotatable bonds is 7. The number of nitrogens with zero attached hydrogens (tertiary/aromatic N) is 2. The minimum atomic E-state index is -4.12. The highest BCUT2D eigenvalue weighted by Gasteiger charge is 2.43. The molecule has 33 heavy (non-hydrogen) atoms. The molecule has 178 valence electrons. The number of esters is 1. The van der Waals surface area contributed by atoms with Gasteiger partial charge >= 0.3 is 5.97 Å². The monoisotopic (exact) mass is 495 g/mol. The largest absolute Gasteiger partial charge is 0.467 e. The molecule has 0 aromatic heterocycles. The van der Waals surface area contributed by atoms with E-state index in [4.69, 9.17) is 0 Å². The lowest BCUT2D eigenvalue weighted by atomic mass is 10.2. The number of amides is 1. The van der Waals surface area contributed by atoms with Crippen LogP contribution in [-0.4, -0.2) is 76.2 Å². The van der Waals surface area contributed by atoms with Gasteiger partial charge in [-0.25, -0.2) is 21.6 Å². The molecule has 2 unspecified atom stereocenters. The smallest absolute Gasteiger partial charge is 0.328 e. The topological polar surface area (TPSA) is 130 Å². The summed E-state index contributed by atoms with van der Waals surface area (Å²) in [5.41, 5.74) is 0. The number of benzene rings is 2. The number of piperazine rings is 1. The molecule has 2 aromatic carbocycles. The van der Waals surface area contributed by atoms with E-state index < -0.39 is 50.6 Å². The lowest BCUT2D eigenvalue weighted by Crippen LogP contribution is -2.62. The van der Waals surface area contributed by atoms with Crippen LogP contribution in [-0.2, 0) is 34.4 Å². The summed E-state index contributed by atoms with van der Waals surface area (Å²) in [5.74, 6) is -1.52. The number of carbonyl (C=O) groups excluding carboxylic acids is 2. The van der Waals surface area contributed by atoms with E-state index in [1.807, 2.05) is 0 Å². The van der Waals surface area contributed by atoms with Crippen molar-refractivity contribution in [3.63, 3.8) is 0 Å². The summed E-state index contributed by atoms with van der Waals surface area (Å²) < 4.78 is 59.5. The van der Waals surface area contributed by atoms with Gasteiger partial charge < -0.3 is 10.1 Å². The van der Waals surface area contributed by atoms with Crippen molar-refractivity contribution in [2.45, 2.75) is 28.8 Å². The predicted molar refractivity (Wildman–Crippen MR) is 119 cm³/mol. The first-order valence-electron chi connectivity index (χ1n) is 10.1. The summed E-state index contributed by atoms with van der Waals surface area (Å²) in [6, 6.07) is 12.8. The summed E-state index contributed by atoms with van der Waals surface area (Å²) in [6.07, 6.45) is 0. The molecule has 0 spiro atoms. The molecule has 1 amide bonds. The standard InChI is InChI=1S/C21H25N3O7S2/c1-16(21(26)31-2)22-20(25)19-15-23(32(27,28)17-9-5-3-6-10-17)13-14-24(19)33(29,30)18-11-7-4-8-12-18/h3-12,16,19H,13-15H2,1-2H3,(H,22,25). The molecule has 2 aromatic rings. The Morgan fingerprint density at radius 3 is 1.94 bits per heavy atom. The maximum Gasteiger partial charge on any atom is 0.328 e. The first-order valence-corrected chi connectivity index (χ1v) is 13.0. The number of hydrogen-bond donors (Lipinski definition) is 1. The molecule has 0 radical (unpaired) electrons. The molecule has 0 saturated carbocycles. The molecule has 10 nitrogen and oxygen atoms in total. The van der Waals surface area contributed by atoms with Crippen LogP contribution in [0, 0.1) is 0 Å². The van der Waals surface area contributed by atoms with Gasteiger partial charge in [-0.05, 0) is 31.2 Å². The third-order valence-electron chi connectivity index (χ3n) is 5.24. The number of hydrogen-bond acceptors (Lipinski definition) is 7. The van der Waals surface area contributed by atoms with Crippen LogP contribution < -0.4 is 5.32 Å². The third kappa shape index (κ3) is 5.24. The number of nitrogens with one attached hydrogen (secondary N) is 1. The summed E-state index contributed by atoms with van der Waals surface area (Å²) in [6.45, 7) is 0.595. The summed E-state index contributed by atoms with van der Waals surface area (Å²) >= 11 is 0. The average molecular weight is 496 g/mol. The van der Waals surface area contributed by atoms with E-state index in [2.05, 4.69) is 10.1 Å². The van der Waals surface area contributed by atoms with E-state index in [0.29, 0.717) is 0 Å². The minimum absolute atomic E-state index is 0.0248. The van der Waals surface area contributed by atoms with Gasteiger partial charge in [0, 0.05) is 19.6 Å². The van der Waals surface area contributed by atoms with Crippen LogP contribution >= 0.6 is 0 Å². The van der Waals surface area contributed by atoms with Gasteiger partial charge in [0.25, 0.3) is 0 Å². The van der Waals surface area contributed by atoms with Gasteiger partial charge in [-0.3, -0.25) is 4.79 Å². The molecule has 0 aliphatic carbocycles. The van der Waals surface area contributed by atoms with Gasteiger partial charge in [0.15, 0.2) is 0 Å². The highest BCUT2D eigenvalue weighted by molar-refractivity contribution is 7.89. The lowest BCUT2D eigenvalue weighted by molar-refractivity contribution is -0.145. The first kappa shape index (κ1) is 24.8. The van der Waals surface area contributed by atoms with Crippen molar-refractivity contribution in [2.24, 2.45) is 0 Å². The van der Waals surface area contributed by atoms with Crippen molar-refractivity contribution in [1.29, 1.82) is 0 Å². The zero-order chi connectivity index (χ0) is 24.2. The Morgan fingerprint density at radius 2 is 1.42 bits per heavy atom. The number of methoxy groups -OCH3 is 1. The summed E-state index contributed by atoms with van der Waals surface area (Å²) in [4.78, 5) is 24.9. The molecule has 2 atom stereocenters. The molecule has 1 N–H and O–H groups in total. The molecule has 1 aliphatic heterocycles. The van der Waals surface area contributed by atoms with Crippen molar-refractivity contribution in [3.8, 4) is 0 Å². The summed E-state index contributed by atoms with van der Waals surface area (Å²) in [5, 5.41) is 2.42. The molecule has 1 aliphatic rings. The van der Waals surface area contributed by atoms with E-state index in [-0.39, 0.29) is 22.9 Å². The summed E-state index contributed by atoms with van der Waals surface area (Å²) in [7, 11) is -6.93. The fraction of sp³-hybridized carbons (Fsp3) is 0.333. The van der Waals surface area contributed by atoms with Crippen molar-refractivity contribution in [1.82, 2.24) is 13.9 Å². The number of carbonyl (C=O) groups is 2. The number of sulfonamides is 2. The van der Waals surface area contributed by atoms with Gasteiger partial charge in [-0.15, -0.1) is 0 Å². The van der Waals surface area contributed by atoms with Gasteiger partial charge in [0.05, 0.1) is 16.9 Å².